The lowest BCUT2D eigenvalue weighted by Gasteiger charge is -2.24. The first-order valence-electron chi connectivity index (χ1n) is 8.71. The fourth-order valence-electron chi connectivity index (χ4n) is 3.47. The van der Waals surface area contributed by atoms with Crippen molar-refractivity contribution < 1.29 is 24.2 Å². The van der Waals surface area contributed by atoms with E-state index < -0.39 is 12.0 Å². The summed E-state index contributed by atoms with van der Waals surface area (Å²) in [7, 11) is 3.12. The van der Waals surface area contributed by atoms with Crippen LogP contribution in [0.15, 0.2) is 12.1 Å². The van der Waals surface area contributed by atoms with Crippen molar-refractivity contribution in [3.05, 3.63) is 23.3 Å². The molecule has 25 heavy (non-hydrogen) atoms. The number of carboxylic acids is 1. The molecule has 0 saturated heterocycles. The number of hydrogen-bond donors (Lipinski definition) is 2. The molecule has 138 valence electrons. The van der Waals surface area contributed by atoms with Crippen LogP contribution in [-0.2, 0) is 16.0 Å². The molecule has 1 aliphatic carbocycles. The molecule has 1 saturated carbocycles. The molecule has 0 heterocycles. The number of nitrogens with one attached hydrogen (secondary N) is 1. The zero-order valence-electron chi connectivity index (χ0n) is 15.1. The summed E-state index contributed by atoms with van der Waals surface area (Å²) >= 11 is 0. The molecule has 0 bridgehead atoms. The van der Waals surface area contributed by atoms with Crippen molar-refractivity contribution >= 4 is 11.9 Å². The first kappa shape index (κ1) is 19.1. The van der Waals surface area contributed by atoms with Crippen LogP contribution >= 0.6 is 0 Å². The average Bonchev–Trinajstić information content (AvgIpc) is 2.62. The summed E-state index contributed by atoms with van der Waals surface area (Å²) in [4.78, 5) is 24.0. The zero-order valence-corrected chi connectivity index (χ0v) is 15.1. The van der Waals surface area contributed by atoms with Crippen LogP contribution in [-0.4, -0.2) is 37.2 Å². The maximum atomic E-state index is 12.4. The molecule has 1 aliphatic rings. The Hall–Kier alpha value is -2.24. The van der Waals surface area contributed by atoms with Crippen molar-refractivity contribution in [3.63, 3.8) is 0 Å². The molecule has 1 fully saturated rings. The topological polar surface area (TPSA) is 84.9 Å². The van der Waals surface area contributed by atoms with Crippen LogP contribution in [0.3, 0.4) is 0 Å². The van der Waals surface area contributed by atoms with Gasteiger partial charge in [-0.05, 0) is 31.4 Å². The lowest BCUT2D eigenvalue weighted by Crippen LogP contribution is -2.45. The summed E-state index contributed by atoms with van der Waals surface area (Å²) in [6.07, 6.45) is 5.05. The minimum Gasteiger partial charge on any atom is -0.496 e. The molecule has 2 N–H and O–H groups in total. The van der Waals surface area contributed by atoms with E-state index in [2.05, 4.69) is 5.32 Å². The van der Waals surface area contributed by atoms with Crippen molar-refractivity contribution in [1.82, 2.24) is 5.32 Å². The summed E-state index contributed by atoms with van der Waals surface area (Å²) in [5, 5.41) is 12.2. The Morgan fingerprint density at radius 2 is 1.88 bits per heavy atom. The Labute approximate surface area is 148 Å². The highest BCUT2D eigenvalue weighted by atomic mass is 16.5. The fourth-order valence-corrected chi connectivity index (χ4v) is 3.47. The minimum atomic E-state index is -1.04. The molecule has 1 aromatic rings. The van der Waals surface area contributed by atoms with Gasteiger partial charge < -0.3 is 19.9 Å². The number of hydrogen-bond acceptors (Lipinski definition) is 4. The molecule has 2 rings (SSSR count). The summed E-state index contributed by atoms with van der Waals surface area (Å²) in [5.41, 5.74) is 1.54. The molecular formula is C19H27NO5. The lowest BCUT2D eigenvalue weighted by atomic mass is 9.88. The second-order valence-electron chi connectivity index (χ2n) is 6.52. The number of amides is 1. The van der Waals surface area contributed by atoms with Gasteiger partial charge in [0.25, 0.3) is 0 Å². The van der Waals surface area contributed by atoms with Crippen LogP contribution in [0, 0.1) is 12.8 Å². The third-order valence-electron chi connectivity index (χ3n) is 4.88. The van der Waals surface area contributed by atoms with Crippen LogP contribution < -0.4 is 14.8 Å². The highest BCUT2D eigenvalue weighted by Gasteiger charge is 2.27. The molecule has 1 amide bonds. The molecule has 1 aromatic carbocycles. The average molecular weight is 349 g/mol. The van der Waals surface area contributed by atoms with Gasteiger partial charge >= 0.3 is 5.97 Å². The van der Waals surface area contributed by atoms with E-state index in [1.54, 1.807) is 26.4 Å². The second kappa shape index (κ2) is 8.74. The molecule has 6 nitrogen and oxygen atoms in total. The first-order valence-corrected chi connectivity index (χ1v) is 8.71. The number of ether oxygens (including phenoxy) is 2. The van der Waals surface area contributed by atoms with E-state index in [0.717, 1.165) is 43.2 Å². The number of carbonyl (C=O) groups excluding carboxylic acids is 1. The van der Waals surface area contributed by atoms with Crippen LogP contribution in [0.1, 0.15) is 43.2 Å². The Morgan fingerprint density at radius 3 is 2.44 bits per heavy atom. The monoisotopic (exact) mass is 349 g/mol. The molecule has 0 aromatic heterocycles. The lowest BCUT2D eigenvalue weighted by molar-refractivity contribution is -0.142. The van der Waals surface area contributed by atoms with Crippen molar-refractivity contribution in [1.29, 1.82) is 0 Å². The normalized spacial score (nSPS) is 16.1. The van der Waals surface area contributed by atoms with Crippen LogP contribution in [0.25, 0.3) is 0 Å². The van der Waals surface area contributed by atoms with Gasteiger partial charge in [0, 0.05) is 17.9 Å². The van der Waals surface area contributed by atoms with Gasteiger partial charge in [-0.25, -0.2) is 4.79 Å². The van der Waals surface area contributed by atoms with E-state index in [-0.39, 0.29) is 18.2 Å². The molecular weight excluding hydrogens is 322 g/mol. The third kappa shape index (κ3) is 4.65. The third-order valence-corrected chi connectivity index (χ3v) is 4.88. The Balaban J connectivity index is 2.15. The van der Waals surface area contributed by atoms with Gasteiger partial charge in [0.05, 0.1) is 14.2 Å². The van der Waals surface area contributed by atoms with E-state index in [0.29, 0.717) is 11.5 Å². The number of rotatable bonds is 7. The molecule has 0 unspecified atom stereocenters. The quantitative estimate of drug-likeness (QED) is 0.790. The molecule has 1 atom stereocenters. The van der Waals surface area contributed by atoms with Crippen LogP contribution in [0.2, 0.25) is 0 Å². The first-order chi connectivity index (χ1) is 12.0. The predicted octanol–water partition coefficient (Wildman–Crippen LogP) is 2.70. The number of carboxylic acid groups (broad SMARTS) is 1. The minimum absolute atomic E-state index is 0.0740. The van der Waals surface area contributed by atoms with Gasteiger partial charge in [-0.2, -0.15) is 0 Å². The van der Waals surface area contributed by atoms with Crippen molar-refractivity contribution in [2.75, 3.05) is 14.2 Å². The van der Waals surface area contributed by atoms with Gasteiger partial charge in [0.15, 0.2) is 0 Å². The van der Waals surface area contributed by atoms with Crippen molar-refractivity contribution in [2.45, 2.75) is 51.5 Å². The van der Waals surface area contributed by atoms with E-state index in [1.165, 1.54) is 0 Å². The maximum absolute atomic E-state index is 12.4. The summed E-state index contributed by atoms with van der Waals surface area (Å²) in [5.74, 6) is 0.00214. The molecule has 6 heteroatoms. The molecule has 0 spiro atoms. The maximum Gasteiger partial charge on any atom is 0.326 e. The van der Waals surface area contributed by atoms with Gasteiger partial charge in [-0.3, -0.25) is 4.79 Å². The number of aliphatic carboxylic acids is 1. The zero-order chi connectivity index (χ0) is 18.4. The van der Waals surface area contributed by atoms with Crippen molar-refractivity contribution in [2.24, 2.45) is 5.92 Å². The largest absolute Gasteiger partial charge is 0.496 e. The fraction of sp³-hybridized carbons (Fsp3) is 0.579. The Morgan fingerprint density at radius 1 is 1.20 bits per heavy atom. The predicted molar refractivity (Wildman–Crippen MR) is 94.1 cm³/mol. The highest BCUT2D eigenvalue weighted by molar-refractivity contribution is 5.85. The standard InChI is InChI=1S/C19H27NO5/c1-12-16(24-2)10-9-14(17(12)25-3)11-15(19(22)23)20-18(21)13-7-5-4-6-8-13/h9-10,13,15H,4-8,11H2,1-3H3,(H,20,21)(H,22,23)/t15-/m0/s1. The van der Waals surface area contributed by atoms with Crippen LogP contribution in [0.5, 0.6) is 11.5 Å². The van der Waals surface area contributed by atoms with Crippen molar-refractivity contribution in [3.8, 4) is 11.5 Å². The summed E-state index contributed by atoms with van der Waals surface area (Å²) in [6.45, 7) is 1.86. The number of carbonyl (C=O) groups is 2. The summed E-state index contributed by atoms with van der Waals surface area (Å²) < 4.78 is 10.7. The number of methoxy groups -OCH3 is 2. The van der Waals surface area contributed by atoms with Gasteiger partial charge in [-0.15, -0.1) is 0 Å². The Kier molecular flexibility index (Phi) is 6.67. The summed E-state index contributed by atoms with van der Waals surface area (Å²) in [6, 6.07) is 2.60. The second-order valence-corrected chi connectivity index (χ2v) is 6.52. The SMILES string of the molecule is COc1ccc(C[C@H](NC(=O)C2CCCCC2)C(=O)O)c(OC)c1C. The van der Waals surface area contributed by atoms with Gasteiger partial charge in [0.2, 0.25) is 5.91 Å². The highest BCUT2D eigenvalue weighted by Crippen LogP contribution is 2.32. The van der Waals surface area contributed by atoms with Gasteiger partial charge in [0.1, 0.15) is 17.5 Å². The van der Waals surface area contributed by atoms with E-state index in [9.17, 15) is 14.7 Å². The van der Waals surface area contributed by atoms with E-state index in [4.69, 9.17) is 9.47 Å². The molecule has 0 aliphatic heterocycles. The Bertz CT molecular complexity index is 622. The van der Waals surface area contributed by atoms with E-state index in [1.807, 2.05) is 6.92 Å². The smallest absolute Gasteiger partial charge is 0.326 e. The number of benzene rings is 1. The molecule has 0 radical (unpaired) electrons. The van der Waals surface area contributed by atoms with Crippen LogP contribution in [0.4, 0.5) is 0 Å². The van der Waals surface area contributed by atoms with Gasteiger partial charge in [-0.1, -0.05) is 25.3 Å². The van der Waals surface area contributed by atoms with E-state index >= 15 is 0 Å².